The fourth-order valence-corrected chi connectivity index (χ4v) is 9.82. The van der Waals surface area contributed by atoms with Crippen LogP contribution in [0, 0.1) is 0 Å². The summed E-state index contributed by atoms with van der Waals surface area (Å²) in [4.78, 5) is 20.8. The molecule has 0 amide bonds. The van der Waals surface area contributed by atoms with Gasteiger partial charge >= 0.3 is 0 Å². The Hall–Kier alpha value is -9.06. The molecule has 0 aliphatic carbocycles. The fraction of sp³-hybridized carbons (Fsp3) is 0. The minimum atomic E-state index is 0.616. The summed E-state index contributed by atoms with van der Waals surface area (Å²) in [7, 11) is 0. The van der Waals surface area contributed by atoms with Crippen LogP contribution in [0.25, 0.3) is 133 Å². The van der Waals surface area contributed by atoms with Gasteiger partial charge < -0.3 is 4.42 Å². The Balaban J connectivity index is 1.01. The molecule has 0 aliphatic rings. The summed E-state index contributed by atoms with van der Waals surface area (Å²) in [6, 6.07) is 80.5. The number of fused-ring (bicyclic) bond motifs is 7. The van der Waals surface area contributed by atoms with Gasteiger partial charge in [-0.3, -0.25) is 0 Å². The normalized spacial score (nSPS) is 11.6. The van der Waals surface area contributed by atoms with Crippen LogP contribution in [-0.4, -0.2) is 19.9 Å². The SMILES string of the molecule is c1ccc(-c2cccc(-c3nc(-c4ccccc4)nc(-c4ccc(-c5cccc(-c6c7c(cc8c(-c9ccccc9)nc9ccccc9c68)oc6ccccc67)c5)c5ccccc45)n3)c2)cc1. The van der Waals surface area contributed by atoms with Crippen molar-refractivity contribution in [2.45, 2.75) is 0 Å². The lowest BCUT2D eigenvalue weighted by Gasteiger charge is -2.17. The maximum absolute atomic E-state index is 6.71. The van der Waals surface area contributed by atoms with Crippen LogP contribution in [0.2, 0.25) is 0 Å². The number of rotatable bonds is 7. The van der Waals surface area contributed by atoms with Gasteiger partial charge in [-0.05, 0) is 75.0 Å². The van der Waals surface area contributed by atoms with Gasteiger partial charge in [-0.15, -0.1) is 0 Å². The molecule has 10 aromatic carbocycles. The van der Waals surface area contributed by atoms with Gasteiger partial charge in [-0.1, -0.05) is 194 Å². The first-order valence-electron chi connectivity index (χ1n) is 22.5. The molecule has 5 heteroatoms. The summed E-state index contributed by atoms with van der Waals surface area (Å²) in [6.07, 6.45) is 0. The lowest BCUT2D eigenvalue weighted by Crippen LogP contribution is -2.01. The summed E-state index contributed by atoms with van der Waals surface area (Å²) in [5, 5.41) is 7.61. The molecule has 0 unspecified atom stereocenters. The zero-order valence-electron chi connectivity index (χ0n) is 36.1. The van der Waals surface area contributed by atoms with Gasteiger partial charge in [-0.2, -0.15) is 0 Å². The Morgan fingerprint density at radius 3 is 1.55 bits per heavy atom. The fourth-order valence-electron chi connectivity index (χ4n) is 9.82. The van der Waals surface area contributed by atoms with Crippen LogP contribution in [0.1, 0.15) is 0 Å². The number of hydrogen-bond acceptors (Lipinski definition) is 5. The molecule has 5 nitrogen and oxygen atoms in total. The molecule has 0 saturated heterocycles. The third-order valence-electron chi connectivity index (χ3n) is 12.9. The van der Waals surface area contributed by atoms with Gasteiger partial charge in [0, 0.05) is 54.7 Å². The van der Waals surface area contributed by atoms with Crippen LogP contribution in [0.15, 0.2) is 235 Å². The van der Waals surface area contributed by atoms with Gasteiger partial charge in [0.05, 0.1) is 11.2 Å². The highest BCUT2D eigenvalue weighted by Gasteiger charge is 2.23. The third kappa shape index (κ3) is 6.64. The molecule has 0 bridgehead atoms. The van der Waals surface area contributed by atoms with E-state index in [4.69, 9.17) is 24.4 Å². The van der Waals surface area contributed by atoms with E-state index in [0.29, 0.717) is 17.5 Å². The van der Waals surface area contributed by atoms with Crippen molar-refractivity contribution >= 4 is 54.4 Å². The smallest absolute Gasteiger partial charge is 0.164 e. The first kappa shape index (κ1) is 38.4. The molecule has 13 aromatic rings. The summed E-state index contributed by atoms with van der Waals surface area (Å²) in [5.41, 5.74) is 14.1. The number of hydrogen-bond donors (Lipinski definition) is 0. The highest BCUT2D eigenvalue weighted by Crippen LogP contribution is 2.47. The number of nitrogens with zero attached hydrogens (tertiary/aromatic N) is 4. The molecule has 3 heterocycles. The molecule has 0 atom stereocenters. The standard InChI is InChI=1S/C62H38N4O/c1-4-18-39(19-5-1)42-24-16-27-45(36-42)61-64-60(41-22-8-3-9-23-41)65-62(66-61)49-35-34-46(47-28-10-11-29-48(47)49)43-25-17-26-44(37-43)56-57-50-30-12-14-32-53(50)63-59(40-20-6-2-7-21-40)52(57)38-55-58(56)51-31-13-15-33-54(51)67-55/h1-38H. The number of pyridine rings is 1. The monoisotopic (exact) mass is 854 g/mol. The van der Waals surface area contributed by atoms with Crippen molar-refractivity contribution in [1.82, 2.24) is 19.9 Å². The second kappa shape index (κ2) is 15.9. The molecule has 0 aliphatic heterocycles. The molecule has 3 aromatic heterocycles. The second-order valence-corrected chi connectivity index (χ2v) is 16.9. The molecule has 0 saturated carbocycles. The van der Waals surface area contributed by atoms with Crippen LogP contribution in [-0.2, 0) is 0 Å². The summed E-state index contributed by atoms with van der Waals surface area (Å²) in [5.74, 6) is 1.86. The van der Waals surface area contributed by atoms with Gasteiger partial charge in [0.1, 0.15) is 11.2 Å². The van der Waals surface area contributed by atoms with E-state index in [9.17, 15) is 0 Å². The Morgan fingerprint density at radius 2 is 0.791 bits per heavy atom. The quantitative estimate of drug-likeness (QED) is 0.149. The maximum atomic E-state index is 6.71. The average Bonchev–Trinajstić information content (AvgIpc) is 3.78. The Morgan fingerprint density at radius 1 is 0.269 bits per heavy atom. The molecule has 13 rings (SSSR count). The van der Waals surface area contributed by atoms with Crippen molar-refractivity contribution in [3.8, 4) is 78.8 Å². The highest BCUT2D eigenvalue weighted by atomic mass is 16.3. The van der Waals surface area contributed by atoms with E-state index in [1.165, 1.54) is 0 Å². The number of para-hydroxylation sites is 2. The zero-order chi connectivity index (χ0) is 44.3. The molecule has 0 N–H and O–H groups in total. The zero-order valence-corrected chi connectivity index (χ0v) is 36.1. The Labute approximate surface area is 386 Å². The molecular formula is C62H38N4O. The van der Waals surface area contributed by atoms with Crippen LogP contribution in [0.4, 0.5) is 0 Å². The molecule has 0 radical (unpaired) electrons. The van der Waals surface area contributed by atoms with Gasteiger partial charge in [-0.25, -0.2) is 19.9 Å². The first-order chi connectivity index (χ1) is 33.2. The lowest BCUT2D eigenvalue weighted by atomic mass is 9.88. The van der Waals surface area contributed by atoms with E-state index >= 15 is 0 Å². The molecule has 312 valence electrons. The van der Waals surface area contributed by atoms with Crippen molar-refractivity contribution in [3.63, 3.8) is 0 Å². The predicted molar refractivity (Wildman–Crippen MR) is 275 cm³/mol. The van der Waals surface area contributed by atoms with Gasteiger partial charge in [0.2, 0.25) is 0 Å². The number of furan rings is 1. The molecular weight excluding hydrogens is 817 g/mol. The second-order valence-electron chi connectivity index (χ2n) is 16.9. The number of aromatic nitrogens is 4. The topological polar surface area (TPSA) is 64.7 Å². The van der Waals surface area contributed by atoms with Gasteiger partial charge in [0.25, 0.3) is 0 Å². The Bertz CT molecular complexity index is 4030. The van der Waals surface area contributed by atoms with Crippen LogP contribution in [0.3, 0.4) is 0 Å². The van der Waals surface area contributed by atoms with E-state index in [2.05, 4.69) is 194 Å². The van der Waals surface area contributed by atoms with Crippen LogP contribution < -0.4 is 0 Å². The molecule has 67 heavy (non-hydrogen) atoms. The van der Waals surface area contributed by atoms with E-state index in [0.717, 1.165) is 116 Å². The van der Waals surface area contributed by atoms with E-state index in [1.807, 2.05) is 36.4 Å². The van der Waals surface area contributed by atoms with E-state index < -0.39 is 0 Å². The largest absolute Gasteiger partial charge is 0.456 e. The predicted octanol–water partition coefficient (Wildman–Crippen LogP) is 16.3. The first-order valence-corrected chi connectivity index (χ1v) is 22.5. The van der Waals surface area contributed by atoms with Crippen molar-refractivity contribution in [3.05, 3.63) is 231 Å². The minimum Gasteiger partial charge on any atom is -0.456 e. The number of benzene rings is 10. The summed E-state index contributed by atoms with van der Waals surface area (Å²) < 4.78 is 6.71. The maximum Gasteiger partial charge on any atom is 0.164 e. The van der Waals surface area contributed by atoms with Crippen molar-refractivity contribution < 1.29 is 4.42 Å². The lowest BCUT2D eigenvalue weighted by molar-refractivity contribution is 0.669. The minimum absolute atomic E-state index is 0.616. The van der Waals surface area contributed by atoms with Crippen LogP contribution in [0.5, 0.6) is 0 Å². The third-order valence-corrected chi connectivity index (χ3v) is 12.9. The van der Waals surface area contributed by atoms with Crippen molar-refractivity contribution in [2.24, 2.45) is 0 Å². The summed E-state index contributed by atoms with van der Waals surface area (Å²) in [6.45, 7) is 0. The van der Waals surface area contributed by atoms with Crippen molar-refractivity contribution in [1.29, 1.82) is 0 Å². The van der Waals surface area contributed by atoms with E-state index in [-0.39, 0.29) is 0 Å². The Kier molecular flexibility index (Phi) is 9.10. The van der Waals surface area contributed by atoms with Crippen molar-refractivity contribution in [2.75, 3.05) is 0 Å². The molecule has 0 spiro atoms. The highest BCUT2D eigenvalue weighted by molar-refractivity contribution is 6.28. The molecule has 0 fully saturated rings. The van der Waals surface area contributed by atoms with Gasteiger partial charge in [0.15, 0.2) is 17.5 Å². The van der Waals surface area contributed by atoms with Crippen LogP contribution >= 0.6 is 0 Å². The average molecular weight is 855 g/mol. The summed E-state index contributed by atoms with van der Waals surface area (Å²) >= 11 is 0. The van der Waals surface area contributed by atoms with E-state index in [1.54, 1.807) is 0 Å².